The molecule has 0 bridgehead atoms. The monoisotopic (exact) mass is 265 g/mol. The molecule has 3 nitrogen and oxygen atoms in total. The maximum absolute atomic E-state index is 12.5. The summed E-state index contributed by atoms with van der Waals surface area (Å²) in [4.78, 5) is -0.630. The molecule has 1 aliphatic heterocycles. The van der Waals surface area contributed by atoms with Crippen molar-refractivity contribution in [1.29, 1.82) is 0 Å². The van der Waals surface area contributed by atoms with Gasteiger partial charge in [0.1, 0.15) is 0 Å². The Morgan fingerprint density at radius 1 is 1.24 bits per heavy atom. The molecule has 1 aromatic carbocycles. The third-order valence-corrected chi connectivity index (χ3v) is 4.27. The average molecular weight is 265 g/mol. The van der Waals surface area contributed by atoms with Gasteiger partial charge in [0.25, 0.3) is 9.84 Å². The highest BCUT2D eigenvalue weighted by Crippen LogP contribution is 2.33. The van der Waals surface area contributed by atoms with Crippen LogP contribution in [0.25, 0.3) is 0 Å². The average Bonchev–Trinajstić information content (AvgIpc) is 2.26. The molecule has 7 heteroatoms. The van der Waals surface area contributed by atoms with Crippen LogP contribution in [0.15, 0.2) is 23.1 Å². The molecule has 0 saturated carbocycles. The number of nitrogens with one attached hydrogen (secondary N) is 1. The van der Waals surface area contributed by atoms with Crippen molar-refractivity contribution in [3.8, 4) is 0 Å². The number of benzene rings is 1. The van der Waals surface area contributed by atoms with Gasteiger partial charge >= 0.3 is 5.51 Å². The summed E-state index contributed by atoms with van der Waals surface area (Å²) in [5.74, 6) is 0. The van der Waals surface area contributed by atoms with Gasteiger partial charge in [0.05, 0.1) is 4.90 Å². The zero-order chi connectivity index (χ0) is 12.7. The van der Waals surface area contributed by atoms with Gasteiger partial charge in [-0.2, -0.15) is 13.2 Å². The molecular formula is C10H10F3NO2S. The van der Waals surface area contributed by atoms with Gasteiger partial charge in [-0.15, -0.1) is 0 Å². The molecular weight excluding hydrogens is 255 g/mol. The fraction of sp³-hybridized carbons (Fsp3) is 0.400. The fourth-order valence-electron chi connectivity index (χ4n) is 1.86. The van der Waals surface area contributed by atoms with E-state index < -0.39 is 20.2 Å². The fourth-order valence-corrected chi connectivity index (χ4v) is 2.89. The van der Waals surface area contributed by atoms with Crippen LogP contribution in [0.1, 0.15) is 11.1 Å². The number of sulfone groups is 1. The second-order valence-corrected chi connectivity index (χ2v) is 5.68. The quantitative estimate of drug-likeness (QED) is 0.839. The minimum absolute atomic E-state index is 0.154. The van der Waals surface area contributed by atoms with E-state index in [2.05, 4.69) is 5.32 Å². The highest BCUT2D eigenvalue weighted by Gasteiger charge is 2.48. The van der Waals surface area contributed by atoms with E-state index in [4.69, 9.17) is 0 Å². The van der Waals surface area contributed by atoms with Gasteiger partial charge in [-0.1, -0.05) is 12.1 Å². The SMILES string of the molecule is O=S(=O)(c1cccc2c1CNCC2)C(F)(F)F. The first-order chi connectivity index (χ1) is 7.84. The Hall–Kier alpha value is -1.08. The predicted octanol–water partition coefficient (Wildman–Crippen LogP) is 1.63. The van der Waals surface area contributed by atoms with E-state index in [1.807, 2.05) is 0 Å². The lowest BCUT2D eigenvalue weighted by molar-refractivity contribution is -0.0436. The highest BCUT2D eigenvalue weighted by molar-refractivity contribution is 7.92. The summed E-state index contributed by atoms with van der Waals surface area (Å²) in [5.41, 5.74) is -4.36. The van der Waals surface area contributed by atoms with Gasteiger partial charge in [0.15, 0.2) is 0 Å². The van der Waals surface area contributed by atoms with Crippen molar-refractivity contribution >= 4 is 9.84 Å². The zero-order valence-electron chi connectivity index (χ0n) is 8.71. The topological polar surface area (TPSA) is 46.2 Å². The Balaban J connectivity index is 2.61. The lowest BCUT2D eigenvalue weighted by Crippen LogP contribution is -2.29. The van der Waals surface area contributed by atoms with Crippen molar-refractivity contribution in [3.05, 3.63) is 29.3 Å². The Bertz CT molecular complexity index is 537. The molecule has 2 rings (SSSR count). The first-order valence-electron chi connectivity index (χ1n) is 4.97. The van der Waals surface area contributed by atoms with Crippen LogP contribution in [0.2, 0.25) is 0 Å². The number of hydrogen-bond acceptors (Lipinski definition) is 3. The van der Waals surface area contributed by atoms with E-state index in [0.29, 0.717) is 18.5 Å². The Labute approximate surface area is 96.6 Å². The molecule has 1 N–H and O–H groups in total. The lowest BCUT2D eigenvalue weighted by atomic mass is 10.0. The van der Waals surface area contributed by atoms with Gasteiger partial charge in [0, 0.05) is 6.54 Å². The van der Waals surface area contributed by atoms with Gasteiger partial charge in [-0.25, -0.2) is 8.42 Å². The van der Waals surface area contributed by atoms with Crippen LogP contribution < -0.4 is 5.32 Å². The van der Waals surface area contributed by atoms with Crippen LogP contribution >= 0.6 is 0 Å². The molecule has 0 amide bonds. The van der Waals surface area contributed by atoms with Crippen molar-refractivity contribution in [2.24, 2.45) is 0 Å². The second-order valence-electron chi connectivity index (χ2n) is 3.77. The minimum atomic E-state index is -5.26. The van der Waals surface area contributed by atoms with Crippen LogP contribution in [-0.2, 0) is 22.8 Å². The van der Waals surface area contributed by atoms with Gasteiger partial charge in [-0.3, -0.25) is 0 Å². The summed E-state index contributed by atoms with van der Waals surface area (Å²) >= 11 is 0. The van der Waals surface area contributed by atoms with E-state index in [-0.39, 0.29) is 12.1 Å². The van der Waals surface area contributed by atoms with Crippen molar-refractivity contribution in [2.75, 3.05) is 6.54 Å². The molecule has 0 aliphatic carbocycles. The highest BCUT2D eigenvalue weighted by atomic mass is 32.2. The maximum atomic E-state index is 12.5. The molecule has 0 atom stereocenters. The zero-order valence-corrected chi connectivity index (χ0v) is 9.53. The molecule has 94 valence electrons. The molecule has 1 aromatic rings. The first kappa shape index (κ1) is 12.4. The van der Waals surface area contributed by atoms with Crippen molar-refractivity contribution in [2.45, 2.75) is 23.4 Å². The van der Waals surface area contributed by atoms with E-state index in [1.54, 1.807) is 6.07 Å². The molecule has 0 aromatic heterocycles. The molecule has 0 fully saturated rings. The smallest absolute Gasteiger partial charge is 0.312 e. The molecule has 0 spiro atoms. The molecule has 17 heavy (non-hydrogen) atoms. The molecule has 1 aliphatic rings. The summed E-state index contributed by atoms with van der Waals surface area (Å²) in [5, 5.41) is 2.87. The normalized spacial score (nSPS) is 16.6. The Morgan fingerprint density at radius 2 is 1.94 bits per heavy atom. The van der Waals surface area contributed by atoms with Crippen molar-refractivity contribution in [3.63, 3.8) is 0 Å². The number of rotatable bonds is 1. The number of fused-ring (bicyclic) bond motifs is 1. The lowest BCUT2D eigenvalue weighted by Gasteiger charge is -2.20. The third-order valence-electron chi connectivity index (χ3n) is 2.70. The van der Waals surface area contributed by atoms with Crippen LogP contribution in [0.5, 0.6) is 0 Å². The summed E-state index contributed by atoms with van der Waals surface area (Å²) in [6.45, 7) is 0.795. The van der Waals surface area contributed by atoms with Gasteiger partial charge in [-0.05, 0) is 30.2 Å². The van der Waals surface area contributed by atoms with E-state index in [9.17, 15) is 21.6 Å². The van der Waals surface area contributed by atoms with E-state index in [0.717, 1.165) is 6.07 Å². The van der Waals surface area contributed by atoms with Crippen LogP contribution in [0.4, 0.5) is 13.2 Å². The van der Waals surface area contributed by atoms with Crippen molar-refractivity contribution in [1.82, 2.24) is 5.32 Å². The van der Waals surface area contributed by atoms with Gasteiger partial charge < -0.3 is 5.32 Å². The molecule has 0 saturated heterocycles. The first-order valence-corrected chi connectivity index (χ1v) is 6.45. The van der Waals surface area contributed by atoms with E-state index in [1.165, 1.54) is 6.07 Å². The number of halogens is 3. The molecule has 1 heterocycles. The Morgan fingerprint density at radius 3 is 2.59 bits per heavy atom. The van der Waals surface area contributed by atoms with Crippen molar-refractivity contribution < 1.29 is 21.6 Å². The van der Waals surface area contributed by atoms with Crippen LogP contribution in [0, 0.1) is 0 Å². The van der Waals surface area contributed by atoms with E-state index >= 15 is 0 Å². The summed E-state index contributed by atoms with van der Waals surface area (Å²) in [6, 6.07) is 4.02. The van der Waals surface area contributed by atoms with Crippen LogP contribution in [0.3, 0.4) is 0 Å². The van der Waals surface area contributed by atoms with Crippen LogP contribution in [-0.4, -0.2) is 20.5 Å². The molecule has 0 radical (unpaired) electrons. The standard InChI is InChI=1S/C10H10F3NO2S/c11-10(12,13)17(15,16)9-3-1-2-7-4-5-14-6-8(7)9/h1-3,14H,4-6H2. The summed E-state index contributed by atoms with van der Waals surface area (Å²) in [7, 11) is -5.26. The molecule has 0 unspecified atom stereocenters. The minimum Gasteiger partial charge on any atom is -0.312 e. The number of hydrogen-bond donors (Lipinski definition) is 1. The summed E-state index contributed by atoms with van der Waals surface area (Å²) in [6.07, 6.45) is 0.538. The van der Waals surface area contributed by atoms with Gasteiger partial charge in [0.2, 0.25) is 0 Å². The Kier molecular flexibility index (Phi) is 2.90. The maximum Gasteiger partial charge on any atom is 0.501 e. The number of alkyl halides is 3. The predicted molar refractivity (Wildman–Crippen MR) is 55.1 cm³/mol. The third kappa shape index (κ3) is 2.04. The largest absolute Gasteiger partial charge is 0.501 e. The summed E-state index contributed by atoms with van der Waals surface area (Å²) < 4.78 is 60.2. The second kappa shape index (κ2) is 3.99.